The molecule has 6 heteroatoms. The van der Waals surface area contributed by atoms with Crippen molar-refractivity contribution in [1.82, 2.24) is 0 Å². The number of hydrogen-bond donors (Lipinski definition) is 0. The number of aldehydes is 2. The molecule has 0 spiro atoms. The Kier molecular flexibility index (Phi) is 10.8. The van der Waals surface area contributed by atoms with Crippen molar-refractivity contribution in [2.24, 2.45) is 23.7 Å². The van der Waals surface area contributed by atoms with E-state index in [-0.39, 0.29) is 35.6 Å². The Labute approximate surface area is 156 Å². The van der Waals surface area contributed by atoms with Gasteiger partial charge in [0.2, 0.25) is 0 Å². The zero-order valence-corrected chi connectivity index (χ0v) is 16.0. The maximum atomic E-state index is 11.3. The fraction of sp³-hybridized carbons (Fsp3) is 0.800. The van der Waals surface area contributed by atoms with Crippen LogP contribution in [0.4, 0.5) is 0 Å². The molecule has 0 bridgehead atoms. The summed E-state index contributed by atoms with van der Waals surface area (Å²) in [7, 11) is 0. The van der Waals surface area contributed by atoms with E-state index < -0.39 is 0 Å². The molecule has 0 saturated heterocycles. The van der Waals surface area contributed by atoms with Gasteiger partial charge in [0.05, 0.1) is 25.0 Å². The average molecular weight is 368 g/mol. The summed E-state index contributed by atoms with van der Waals surface area (Å²) in [5.41, 5.74) is 0. The van der Waals surface area contributed by atoms with Gasteiger partial charge in [-0.3, -0.25) is 9.59 Å². The Bertz CT molecular complexity index is 403. The quantitative estimate of drug-likeness (QED) is 0.529. The van der Waals surface area contributed by atoms with Gasteiger partial charge in [0, 0.05) is 11.8 Å². The highest BCUT2D eigenvalue weighted by Gasteiger charge is 2.27. The molecule has 6 nitrogen and oxygen atoms in total. The molecule has 0 atom stereocenters. The fourth-order valence-corrected chi connectivity index (χ4v) is 3.50. The van der Waals surface area contributed by atoms with Gasteiger partial charge in [0.25, 0.3) is 0 Å². The summed E-state index contributed by atoms with van der Waals surface area (Å²) in [6.45, 7) is 4.53. The van der Waals surface area contributed by atoms with Gasteiger partial charge >= 0.3 is 11.9 Å². The number of hydrogen-bond acceptors (Lipinski definition) is 6. The molecule has 0 aliphatic heterocycles. The van der Waals surface area contributed by atoms with Crippen molar-refractivity contribution in [2.45, 2.75) is 65.2 Å². The minimum absolute atomic E-state index is 0.0381. The van der Waals surface area contributed by atoms with Gasteiger partial charge in [0.1, 0.15) is 12.6 Å². The van der Waals surface area contributed by atoms with Gasteiger partial charge < -0.3 is 19.1 Å². The van der Waals surface area contributed by atoms with E-state index in [9.17, 15) is 19.2 Å². The van der Waals surface area contributed by atoms with Crippen molar-refractivity contribution in [3.05, 3.63) is 0 Å². The smallest absolute Gasteiger partial charge is 0.308 e. The van der Waals surface area contributed by atoms with Crippen LogP contribution in [-0.4, -0.2) is 37.7 Å². The zero-order chi connectivity index (χ0) is 19.4. The third-order valence-corrected chi connectivity index (χ3v) is 5.17. The van der Waals surface area contributed by atoms with Gasteiger partial charge in [-0.1, -0.05) is 0 Å². The molecule has 26 heavy (non-hydrogen) atoms. The summed E-state index contributed by atoms with van der Waals surface area (Å²) >= 11 is 0. The average Bonchev–Trinajstić information content (AvgIpc) is 2.69. The van der Waals surface area contributed by atoms with Crippen molar-refractivity contribution in [3.63, 3.8) is 0 Å². The number of esters is 2. The third kappa shape index (κ3) is 7.67. The Morgan fingerprint density at radius 3 is 1.23 bits per heavy atom. The first-order valence-electron chi connectivity index (χ1n) is 9.79. The molecule has 0 unspecified atom stereocenters. The Balaban J connectivity index is 0.000000260. The molecule has 2 rings (SSSR count). The van der Waals surface area contributed by atoms with Crippen LogP contribution in [0.5, 0.6) is 0 Å². The van der Waals surface area contributed by atoms with E-state index >= 15 is 0 Å². The molecule has 0 amide bonds. The largest absolute Gasteiger partial charge is 0.466 e. The lowest BCUT2D eigenvalue weighted by Gasteiger charge is -2.23. The second-order valence-electron chi connectivity index (χ2n) is 7.00. The van der Waals surface area contributed by atoms with Crippen molar-refractivity contribution in [1.29, 1.82) is 0 Å². The number of ether oxygens (including phenoxy) is 2. The van der Waals surface area contributed by atoms with Crippen LogP contribution in [-0.2, 0) is 28.7 Å². The monoisotopic (exact) mass is 368 g/mol. The van der Waals surface area contributed by atoms with E-state index in [1.807, 2.05) is 13.8 Å². The minimum atomic E-state index is -0.0909. The molecule has 2 aliphatic rings. The van der Waals surface area contributed by atoms with Crippen LogP contribution in [0.15, 0.2) is 0 Å². The first-order chi connectivity index (χ1) is 12.5. The van der Waals surface area contributed by atoms with Crippen molar-refractivity contribution in [2.75, 3.05) is 13.2 Å². The second kappa shape index (κ2) is 12.6. The molecule has 0 radical (unpaired) electrons. The van der Waals surface area contributed by atoms with Gasteiger partial charge in [-0.05, 0) is 65.2 Å². The first kappa shape index (κ1) is 22.3. The van der Waals surface area contributed by atoms with Gasteiger partial charge in [-0.2, -0.15) is 0 Å². The minimum Gasteiger partial charge on any atom is -0.466 e. The second-order valence-corrected chi connectivity index (χ2v) is 7.00. The van der Waals surface area contributed by atoms with Gasteiger partial charge in [-0.25, -0.2) is 0 Å². The number of carbonyl (C=O) groups is 4. The third-order valence-electron chi connectivity index (χ3n) is 5.17. The maximum Gasteiger partial charge on any atom is 0.308 e. The topological polar surface area (TPSA) is 86.7 Å². The normalized spacial score (nSPS) is 28.1. The number of carbonyl (C=O) groups excluding carboxylic acids is 4. The van der Waals surface area contributed by atoms with Crippen molar-refractivity contribution in [3.8, 4) is 0 Å². The van der Waals surface area contributed by atoms with Gasteiger partial charge in [-0.15, -0.1) is 0 Å². The zero-order valence-electron chi connectivity index (χ0n) is 16.0. The van der Waals surface area contributed by atoms with Crippen molar-refractivity contribution >= 4 is 24.5 Å². The van der Waals surface area contributed by atoms with E-state index in [1.165, 1.54) is 0 Å². The van der Waals surface area contributed by atoms with E-state index in [1.54, 1.807) is 0 Å². The maximum absolute atomic E-state index is 11.3. The Morgan fingerprint density at radius 2 is 1.00 bits per heavy atom. The highest BCUT2D eigenvalue weighted by molar-refractivity contribution is 5.73. The highest BCUT2D eigenvalue weighted by Crippen LogP contribution is 2.29. The van der Waals surface area contributed by atoms with Crippen LogP contribution in [0.2, 0.25) is 0 Å². The van der Waals surface area contributed by atoms with Crippen LogP contribution in [0, 0.1) is 23.7 Å². The van der Waals surface area contributed by atoms with Crippen LogP contribution >= 0.6 is 0 Å². The molecule has 2 aliphatic carbocycles. The summed E-state index contributed by atoms with van der Waals surface area (Å²) in [5, 5.41) is 0. The predicted octanol–water partition coefficient (Wildman–Crippen LogP) is 3.11. The molecular weight excluding hydrogens is 336 g/mol. The molecule has 2 saturated carbocycles. The van der Waals surface area contributed by atoms with E-state index in [0.29, 0.717) is 13.2 Å². The van der Waals surface area contributed by atoms with Gasteiger partial charge in [0.15, 0.2) is 0 Å². The Hall–Kier alpha value is -1.72. The summed E-state index contributed by atoms with van der Waals surface area (Å²) < 4.78 is 9.85. The predicted molar refractivity (Wildman–Crippen MR) is 96.3 cm³/mol. The summed E-state index contributed by atoms with van der Waals surface area (Å²) in [6, 6.07) is 0. The first-order valence-corrected chi connectivity index (χ1v) is 9.79. The molecule has 2 fully saturated rings. The van der Waals surface area contributed by atoms with Crippen LogP contribution in [0.1, 0.15) is 65.2 Å². The lowest BCUT2D eigenvalue weighted by Crippen LogP contribution is -2.24. The lowest BCUT2D eigenvalue weighted by atomic mass is 9.83. The van der Waals surface area contributed by atoms with Crippen LogP contribution in [0.3, 0.4) is 0 Å². The van der Waals surface area contributed by atoms with Crippen LogP contribution < -0.4 is 0 Å². The summed E-state index contributed by atoms with van der Waals surface area (Å²) in [5.74, 6) is 0.238. The summed E-state index contributed by atoms with van der Waals surface area (Å²) in [4.78, 5) is 43.5. The molecule has 148 valence electrons. The molecular formula is C20H32O6. The molecule has 0 N–H and O–H groups in total. The molecule has 0 aromatic rings. The Morgan fingerprint density at radius 1 is 0.692 bits per heavy atom. The molecule has 0 heterocycles. The summed E-state index contributed by atoms with van der Waals surface area (Å²) in [6.07, 6.45) is 8.59. The number of rotatable bonds is 6. The van der Waals surface area contributed by atoms with E-state index in [0.717, 1.165) is 63.9 Å². The van der Waals surface area contributed by atoms with E-state index in [2.05, 4.69) is 0 Å². The van der Waals surface area contributed by atoms with E-state index in [4.69, 9.17) is 9.47 Å². The SMILES string of the molecule is CCOC(=O)C1CCC(C=O)CC1.CCOC(=O)C1CCC(C=O)CC1. The highest BCUT2D eigenvalue weighted by atomic mass is 16.5. The standard InChI is InChI=1S/2C10H16O3/c2*1-2-13-10(12)9-5-3-8(7-11)4-6-9/h2*7-9H,2-6H2,1H3. The lowest BCUT2D eigenvalue weighted by molar-refractivity contribution is -0.150. The van der Waals surface area contributed by atoms with Crippen molar-refractivity contribution < 1.29 is 28.7 Å². The molecule has 0 aromatic heterocycles. The van der Waals surface area contributed by atoms with Crippen LogP contribution in [0.25, 0.3) is 0 Å². The fourth-order valence-electron chi connectivity index (χ4n) is 3.50. The molecule has 0 aromatic carbocycles.